The second-order valence-electron chi connectivity index (χ2n) is 17.8. The average molecular weight is 749 g/mol. The molecule has 8 atom stereocenters. The minimum atomic E-state index is -0.0624. The Hall–Kier alpha value is -5.15. The van der Waals surface area contributed by atoms with Gasteiger partial charge in [0.2, 0.25) is 0 Å². The van der Waals surface area contributed by atoms with Crippen molar-refractivity contribution >= 4 is 5.84 Å². The van der Waals surface area contributed by atoms with E-state index in [1.165, 1.54) is 64.6 Å². The molecule has 2 aliphatic heterocycles. The summed E-state index contributed by atoms with van der Waals surface area (Å²) in [7, 11) is 0. The summed E-state index contributed by atoms with van der Waals surface area (Å²) in [6, 6.07) is 51.9. The van der Waals surface area contributed by atoms with Crippen LogP contribution in [-0.4, -0.2) is 24.0 Å². The molecule has 1 N–H and O–H groups in total. The van der Waals surface area contributed by atoms with Crippen LogP contribution in [0.2, 0.25) is 0 Å². The van der Waals surface area contributed by atoms with Gasteiger partial charge in [-0.3, -0.25) is 4.99 Å². The molecule has 0 amide bonds. The largest absolute Gasteiger partial charge is 0.490 e. The van der Waals surface area contributed by atoms with Crippen LogP contribution in [0.15, 0.2) is 168 Å². The molecule has 5 aromatic rings. The Morgan fingerprint density at radius 3 is 2.05 bits per heavy atom. The Morgan fingerprint density at radius 2 is 1.33 bits per heavy atom. The SMILES string of the molecule is CC1(c2ccccc2)C=CC(C2CC(C3=CCC(C4(c5ccccc5)c5ccccc5OC5CCCCC54)CC3)N=C(c3ccc(-c4ccccc4)cc3)N2)CC1. The molecule has 3 aliphatic carbocycles. The van der Waals surface area contributed by atoms with Crippen LogP contribution in [-0.2, 0) is 10.8 Å². The third-order valence-electron chi connectivity index (χ3n) is 14.7. The molecule has 288 valence electrons. The molecule has 57 heavy (non-hydrogen) atoms. The van der Waals surface area contributed by atoms with E-state index >= 15 is 0 Å². The third-order valence-corrected chi connectivity index (χ3v) is 14.7. The summed E-state index contributed by atoms with van der Waals surface area (Å²) in [6.07, 6.45) is 19.6. The van der Waals surface area contributed by atoms with E-state index in [1.54, 1.807) is 0 Å². The van der Waals surface area contributed by atoms with E-state index in [2.05, 4.69) is 170 Å². The van der Waals surface area contributed by atoms with Gasteiger partial charge in [0, 0.05) is 33.9 Å². The standard InChI is InChI=1S/C54H56N2O/c1-53(43-17-7-3-8-18-43)35-33-41(34-36-53)49-37-48(55-52(56-49)42-27-25-39(26-28-42)38-15-5-2-6-16-38)40-29-31-45(32-30-40)54(44-19-9-4-10-20-44)46-21-11-13-23-50(46)57-51-24-14-12-22-47(51)54/h2-11,13,15-21,23,25-29,33,35,41,45,47-49,51H,12,14,22,24,30-32,34,36-37H2,1H3,(H,55,56). The molecular formula is C54H56N2O. The van der Waals surface area contributed by atoms with E-state index in [1.807, 2.05) is 0 Å². The number of hydrogen-bond donors (Lipinski definition) is 1. The Morgan fingerprint density at radius 1 is 0.667 bits per heavy atom. The summed E-state index contributed by atoms with van der Waals surface area (Å²) in [5, 5.41) is 4.02. The normalized spacial score (nSPS) is 30.8. The van der Waals surface area contributed by atoms with Crippen LogP contribution in [0, 0.1) is 17.8 Å². The van der Waals surface area contributed by atoms with E-state index in [9.17, 15) is 0 Å². The smallest absolute Gasteiger partial charge is 0.129 e. The lowest BCUT2D eigenvalue weighted by Gasteiger charge is -2.55. The van der Waals surface area contributed by atoms with Crippen LogP contribution >= 0.6 is 0 Å². The first-order valence-electron chi connectivity index (χ1n) is 21.8. The molecule has 0 aromatic heterocycles. The van der Waals surface area contributed by atoms with E-state index < -0.39 is 0 Å². The van der Waals surface area contributed by atoms with Gasteiger partial charge in [0.15, 0.2) is 0 Å². The molecule has 0 spiro atoms. The average Bonchev–Trinajstić information content (AvgIpc) is 3.29. The zero-order valence-electron chi connectivity index (χ0n) is 33.4. The highest BCUT2D eigenvalue weighted by molar-refractivity contribution is 6.00. The predicted octanol–water partition coefficient (Wildman–Crippen LogP) is 12.4. The molecule has 0 bridgehead atoms. The molecule has 3 heteroatoms. The monoisotopic (exact) mass is 748 g/mol. The third kappa shape index (κ3) is 6.67. The molecule has 5 aromatic carbocycles. The maximum absolute atomic E-state index is 6.87. The van der Waals surface area contributed by atoms with Crippen LogP contribution in [0.5, 0.6) is 5.75 Å². The van der Waals surface area contributed by atoms with Crippen LogP contribution in [0.25, 0.3) is 11.1 Å². The molecular weight excluding hydrogens is 693 g/mol. The van der Waals surface area contributed by atoms with Crippen LogP contribution in [0.1, 0.15) is 93.4 Å². The zero-order chi connectivity index (χ0) is 38.2. The van der Waals surface area contributed by atoms with Crippen molar-refractivity contribution in [2.45, 2.75) is 100 Å². The van der Waals surface area contributed by atoms with E-state index in [-0.39, 0.29) is 23.0 Å². The molecule has 0 radical (unpaired) electrons. The second kappa shape index (κ2) is 15.3. The van der Waals surface area contributed by atoms with Crippen molar-refractivity contribution in [3.05, 3.63) is 186 Å². The van der Waals surface area contributed by atoms with Gasteiger partial charge < -0.3 is 10.1 Å². The highest BCUT2D eigenvalue weighted by Crippen LogP contribution is 2.59. The number of fused-ring (bicyclic) bond motifs is 2. The maximum Gasteiger partial charge on any atom is 0.129 e. The van der Waals surface area contributed by atoms with Gasteiger partial charge in [-0.1, -0.05) is 165 Å². The second-order valence-corrected chi connectivity index (χ2v) is 17.8. The first kappa shape index (κ1) is 36.2. The Bertz CT molecular complexity index is 2260. The van der Waals surface area contributed by atoms with E-state index in [4.69, 9.17) is 9.73 Å². The lowest BCUT2D eigenvalue weighted by Crippen LogP contribution is -2.54. The van der Waals surface area contributed by atoms with Crippen molar-refractivity contribution < 1.29 is 4.74 Å². The van der Waals surface area contributed by atoms with Crippen LogP contribution in [0.3, 0.4) is 0 Å². The van der Waals surface area contributed by atoms with Gasteiger partial charge >= 0.3 is 0 Å². The van der Waals surface area contributed by atoms with Gasteiger partial charge in [-0.15, -0.1) is 0 Å². The number of hydrogen-bond acceptors (Lipinski definition) is 3. The highest BCUT2D eigenvalue weighted by Gasteiger charge is 2.55. The minimum absolute atomic E-state index is 0.0624. The maximum atomic E-state index is 6.87. The zero-order valence-corrected chi connectivity index (χ0v) is 33.4. The molecule has 0 saturated heterocycles. The number of aliphatic imine (C=N–C) groups is 1. The molecule has 2 heterocycles. The molecule has 8 unspecified atom stereocenters. The summed E-state index contributed by atoms with van der Waals surface area (Å²) in [6.45, 7) is 2.41. The fraction of sp³-hybridized carbons (Fsp3) is 0.352. The van der Waals surface area contributed by atoms with Crippen molar-refractivity contribution in [1.29, 1.82) is 0 Å². The van der Waals surface area contributed by atoms with Crippen molar-refractivity contribution in [2.75, 3.05) is 0 Å². The Labute approximate surface area is 340 Å². The molecule has 5 aliphatic rings. The summed E-state index contributed by atoms with van der Waals surface area (Å²) >= 11 is 0. The lowest BCUT2D eigenvalue weighted by atomic mass is 9.51. The van der Waals surface area contributed by atoms with Gasteiger partial charge in [0.25, 0.3) is 0 Å². The number of benzene rings is 5. The number of para-hydroxylation sites is 1. The quantitative estimate of drug-likeness (QED) is 0.168. The first-order valence-corrected chi connectivity index (χ1v) is 21.8. The number of rotatable bonds is 7. The van der Waals surface area contributed by atoms with E-state index in [0.717, 1.165) is 50.1 Å². The first-order chi connectivity index (χ1) is 28.1. The summed E-state index contributed by atoms with van der Waals surface area (Å²) in [4.78, 5) is 5.61. The summed E-state index contributed by atoms with van der Waals surface area (Å²) in [5.41, 5.74) is 9.51. The molecule has 1 saturated carbocycles. The fourth-order valence-electron chi connectivity index (χ4n) is 11.7. The number of allylic oxidation sites excluding steroid dienone is 2. The summed E-state index contributed by atoms with van der Waals surface area (Å²) < 4.78 is 6.87. The van der Waals surface area contributed by atoms with Gasteiger partial charge in [-0.25, -0.2) is 0 Å². The fourth-order valence-corrected chi connectivity index (χ4v) is 11.7. The van der Waals surface area contributed by atoms with Crippen molar-refractivity contribution in [2.24, 2.45) is 22.7 Å². The van der Waals surface area contributed by atoms with Crippen LogP contribution < -0.4 is 10.1 Å². The summed E-state index contributed by atoms with van der Waals surface area (Å²) in [5.74, 6) is 3.60. The Kier molecular flexibility index (Phi) is 9.73. The van der Waals surface area contributed by atoms with Gasteiger partial charge in [0.05, 0.1) is 6.04 Å². The Balaban J connectivity index is 0.986. The van der Waals surface area contributed by atoms with Crippen molar-refractivity contribution in [1.82, 2.24) is 5.32 Å². The van der Waals surface area contributed by atoms with Crippen molar-refractivity contribution in [3.63, 3.8) is 0 Å². The van der Waals surface area contributed by atoms with Crippen molar-refractivity contribution in [3.8, 4) is 16.9 Å². The van der Waals surface area contributed by atoms with Gasteiger partial charge in [0.1, 0.15) is 17.7 Å². The molecule has 1 fully saturated rings. The minimum Gasteiger partial charge on any atom is -0.490 e. The number of ether oxygens (including phenoxy) is 1. The van der Waals surface area contributed by atoms with Crippen LogP contribution in [0.4, 0.5) is 0 Å². The highest BCUT2D eigenvalue weighted by atomic mass is 16.5. The van der Waals surface area contributed by atoms with Gasteiger partial charge in [-0.2, -0.15) is 0 Å². The van der Waals surface area contributed by atoms with E-state index in [0.29, 0.717) is 23.8 Å². The number of nitrogens with zero attached hydrogens (tertiary/aromatic N) is 1. The lowest BCUT2D eigenvalue weighted by molar-refractivity contribution is 0.00377. The topological polar surface area (TPSA) is 33.6 Å². The molecule has 3 nitrogen and oxygen atoms in total. The number of amidine groups is 1. The van der Waals surface area contributed by atoms with Gasteiger partial charge in [-0.05, 0) is 104 Å². The number of nitrogens with one attached hydrogen (secondary N) is 1. The predicted molar refractivity (Wildman–Crippen MR) is 235 cm³/mol. The molecule has 10 rings (SSSR count).